The van der Waals surface area contributed by atoms with Gasteiger partial charge in [-0.05, 0) is 32.0 Å². The van der Waals surface area contributed by atoms with Gasteiger partial charge >= 0.3 is 0 Å². The summed E-state index contributed by atoms with van der Waals surface area (Å²) in [7, 11) is 0. The molecule has 1 rings (SSSR count). The third-order valence-electron chi connectivity index (χ3n) is 2.40. The van der Waals surface area contributed by atoms with E-state index in [4.69, 9.17) is 4.74 Å². The number of rotatable bonds is 7. The Morgan fingerprint density at radius 1 is 1.38 bits per heavy atom. The molecule has 0 saturated carbocycles. The summed E-state index contributed by atoms with van der Waals surface area (Å²) in [6, 6.07) is 10.1. The molecule has 0 aliphatic rings. The molecule has 0 heterocycles. The maximum Gasteiger partial charge on any atom is 0.119 e. The summed E-state index contributed by atoms with van der Waals surface area (Å²) in [5.41, 5.74) is 1.12. The average molecular weight is 219 g/mol. The van der Waals surface area contributed by atoms with E-state index in [1.165, 1.54) is 0 Å². The Labute approximate surface area is 98.3 Å². The third-order valence-corrected chi connectivity index (χ3v) is 2.40. The van der Waals surface area contributed by atoms with Crippen molar-refractivity contribution in [3.63, 3.8) is 0 Å². The standard InChI is InChI=1S/C14H21NO/c1-4-10-15-14(12(2)3)11-16-13-8-6-5-7-9-13/h5-9,14-15H,2,4,10-11H2,1,3H3. The normalized spacial score (nSPS) is 12.1. The monoisotopic (exact) mass is 219 g/mol. The summed E-state index contributed by atoms with van der Waals surface area (Å²) in [6.45, 7) is 9.79. The lowest BCUT2D eigenvalue weighted by Crippen LogP contribution is -2.35. The van der Waals surface area contributed by atoms with Crippen molar-refractivity contribution < 1.29 is 4.74 Å². The van der Waals surface area contributed by atoms with Crippen LogP contribution in [0.2, 0.25) is 0 Å². The highest BCUT2D eigenvalue weighted by atomic mass is 16.5. The molecule has 0 saturated heterocycles. The fraction of sp³-hybridized carbons (Fsp3) is 0.429. The van der Waals surface area contributed by atoms with Crippen LogP contribution in [0, 0.1) is 0 Å². The average Bonchev–Trinajstić information content (AvgIpc) is 2.30. The van der Waals surface area contributed by atoms with Crippen molar-refractivity contribution in [2.75, 3.05) is 13.2 Å². The van der Waals surface area contributed by atoms with Crippen LogP contribution in [0.15, 0.2) is 42.5 Å². The van der Waals surface area contributed by atoms with Crippen LogP contribution < -0.4 is 10.1 Å². The minimum atomic E-state index is 0.236. The number of hydrogen-bond acceptors (Lipinski definition) is 2. The Kier molecular flexibility index (Phi) is 5.65. The van der Waals surface area contributed by atoms with Crippen LogP contribution in [0.4, 0.5) is 0 Å². The van der Waals surface area contributed by atoms with Crippen molar-refractivity contribution >= 4 is 0 Å². The summed E-state index contributed by atoms with van der Waals surface area (Å²) < 4.78 is 5.70. The molecule has 2 nitrogen and oxygen atoms in total. The molecule has 1 unspecified atom stereocenters. The fourth-order valence-electron chi connectivity index (χ4n) is 1.39. The Balaban J connectivity index is 2.41. The fourth-order valence-corrected chi connectivity index (χ4v) is 1.39. The molecule has 0 aliphatic heterocycles. The molecule has 1 aromatic rings. The number of nitrogens with one attached hydrogen (secondary N) is 1. The van der Waals surface area contributed by atoms with Gasteiger partial charge in [0.25, 0.3) is 0 Å². The third kappa shape index (κ3) is 4.49. The minimum Gasteiger partial charge on any atom is -0.492 e. The molecule has 0 aromatic heterocycles. The minimum absolute atomic E-state index is 0.236. The molecular formula is C14H21NO. The predicted molar refractivity (Wildman–Crippen MR) is 68.8 cm³/mol. The second-order valence-corrected chi connectivity index (χ2v) is 3.98. The second-order valence-electron chi connectivity index (χ2n) is 3.98. The molecule has 1 atom stereocenters. The molecule has 1 N–H and O–H groups in total. The highest BCUT2D eigenvalue weighted by molar-refractivity contribution is 5.21. The number of hydrogen-bond donors (Lipinski definition) is 1. The number of ether oxygens (including phenoxy) is 1. The van der Waals surface area contributed by atoms with Crippen molar-refractivity contribution in [3.05, 3.63) is 42.5 Å². The van der Waals surface area contributed by atoms with Crippen LogP contribution in [0.1, 0.15) is 20.3 Å². The summed E-state index contributed by atoms with van der Waals surface area (Å²) in [5, 5.41) is 3.41. The van der Waals surface area contributed by atoms with Crippen LogP contribution in [0.3, 0.4) is 0 Å². The Hall–Kier alpha value is -1.28. The maximum atomic E-state index is 5.70. The predicted octanol–water partition coefficient (Wildman–Crippen LogP) is 3.01. The van der Waals surface area contributed by atoms with Gasteiger partial charge in [0.05, 0.1) is 6.04 Å². The van der Waals surface area contributed by atoms with Crippen molar-refractivity contribution in [2.45, 2.75) is 26.3 Å². The summed E-state index contributed by atoms with van der Waals surface area (Å²) in [6.07, 6.45) is 1.12. The van der Waals surface area contributed by atoms with E-state index < -0.39 is 0 Å². The Morgan fingerprint density at radius 3 is 2.62 bits per heavy atom. The smallest absolute Gasteiger partial charge is 0.119 e. The first-order valence-corrected chi connectivity index (χ1v) is 5.80. The Bertz CT molecular complexity index is 308. The molecular weight excluding hydrogens is 198 g/mol. The first kappa shape index (κ1) is 12.8. The van der Waals surface area contributed by atoms with Crippen LogP contribution in [-0.4, -0.2) is 19.2 Å². The van der Waals surface area contributed by atoms with E-state index in [-0.39, 0.29) is 6.04 Å². The first-order chi connectivity index (χ1) is 7.74. The number of para-hydroxylation sites is 1. The largest absolute Gasteiger partial charge is 0.492 e. The lowest BCUT2D eigenvalue weighted by molar-refractivity contribution is 0.281. The van der Waals surface area contributed by atoms with E-state index in [1.54, 1.807) is 0 Å². The molecule has 1 aromatic carbocycles. The van der Waals surface area contributed by atoms with Gasteiger partial charge in [0.1, 0.15) is 12.4 Å². The van der Waals surface area contributed by atoms with E-state index in [9.17, 15) is 0 Å². The quantitative estimate of drug-likeness (QED) is 0.712. The van der Waals surface area contributed by atoms with Crippen LogP contribution in [0.25, 0.3) is 0 Å². The van der Waals surface area contributed by atoms with E-state index in [0.717, 1.165) is 24.3 Å². The van der Waals surface area contributed by atoms with Gasteiger partial charge in [0.15, 0.2) is 0 Å². The molecule has 2 heteroatoms. The molecule has 88 valence electrons. The van der Waals surface area contributed by atoms with Crippen molar-refractivity contribution in [1.82, 2.24) is 5.32 Å². The summed E-state index contributed by atoms with van der Waals surface area (Å²) in [5.74, 6) is 0.909. The molecule has 0 bridgehead atoms. The highest BCUT2D eigenvalue weighted by Crippen LogP contribution is 2.10. The van der Waals surface area contributed by atoms with Gasteiger partial charge in [0.2, 0.25) is 0 Å². The van der Waals surface area contributed by atoms with Gasteiger partial charge in [-0.1, -0.05) is 37.3 Å². The van der Waals surface area contributed by atoms with Gasteiger partial charge in [-0.15, -0.1) is 0 Å². The molecule has 0 spiro atoms. The lowest BCUT2D eigenvalue weighted by Gasteiger charge is -2.19. The van der Waals surface area contributed by atoms with E-state index >= 15 is 0 Å². The first-order valence-electron chi connectivity index (χ1n) is 5.80. The molecule has 0 amide bonds. The van der Waals surface area contributed by atoms with E-state index in [2.05, 4.69) is 18.8 Å². The number of benzene rings is 1. The van der Waals surface area contributed by atoms with Crippen molar-refractivity contribution in [1.29, 1.82) is 0 Å². The molecule has 0 radical (unpaired) electrons. The SMILES string of the molecule is C=C(C)C(COc1ccccc1)NCCC. The zero-order chi connectivity index (χ0) is 11.8. The van der Waals surface area contributed by atoms with Crippen LogP contribution in [-0.2, 0) is 0 Å². The second kappa shape index (κ2) is 7.07. The van der Waals surface area contributed by atoms with Crippen LogP contribution in [0.5, 0.6) is 5.75 Å². The maximum absolute atomic E-state index is 5.70. The van der Waals surface area contributed by atoms with Gasteiger partial charge < -0.3 is 10.1 Å². The van der Waals surface area contributed by atoms with Crippen LogP contribution >= 0.6 is 0 Å². The zero-order valence-corrected chi connectivity index (χ0v) is 10.2. The van der Waals surface area contributed by atoms with E-state index in [0.29, 0.717) is 6.61 Å². The highest BCUT2D eigenvalue weighted by Gasteiger charge is 2.08. The zero-order valence-electron chi connectivity index (χ0n) is 10.2. The Morgan fingerprint density at radius 2 is 2.06 bits per heavy atom. The molecule has 0 fully saturated rings. The lowest BCUT2D eigenvalue weighted by atomic mass is 10.1. The van der Waals surface area contributed by atoms with E-state index in [1.807, 2.05) is 37.3 Å². The van der Waals surface area contributed by atoms with Gasteiger partial charge in [-0.2, -0.15) is 0 Å². The van der Waals surface area contributed by atoms with Gasteiger partial charge in [0, 0.05) is 0 Å². The van der Waals surface area contributed by atoms with Crippen molar-refractivity contribution in [2.24, 2.45) is 0 Å². The summed E-state index contributed by atoms with van der Waals surface area (Å²) in [4.78, 5) is 0. The molecule has 16 heavy (non-hydrogen) atoms. The van der Waals surface area contributed by atoms with Gasteiger partial charge in [-0.3, -0.25) is 0 Å². The molecule has 0 aliphatic carbocycles. The summed E-state index contributed by atoms with van der Waals surface area (Å²) >= 11 is 0. The van der Waals surface area contributed by atoms with Gasteiger partial charge in [-0.25, -0.2) is 0 Å². The topological polar surface area (TPSA) is 21.3 Å². The van der Waals surface area contributed by atoms with Crippen molar-refractivity contribution in [3.8, 4) is 5.75 Å².